The second-order valence-corrected chi connectivity index (χ2v) is 10.5. The van der Waals surface area contributed by atoms with E-state index in [1.54, 1.807) is 20.8 Å². The van der Waals surface area contributed by atoms with Gasteiger partial charge in [0, 0.05) is 5.56 Å². The quantitative estimate of drug-likeness (QED) is 0.166. The summed E-state index contributed by atoms with van der Waals surface area (Å²) < 4.78 is 83.3. The third-order valence-corrected chi connectivity index (χ3v) is 6.89. The van der Waals surface area contributed by atoms with Crippen molar-refractivity contribution in [2.45, 2.75) is 45.3 Å². The molecule has 230 valence electrons. The largest absolute Gasteiger partial charge is 0.479 e. The molecule has 2 aromatic carbocycles. The molecule has 1 N–H and O–H groups in total. The van der Waals surface area contributed by atoms with Crippen LogP contribution in [0.2, 0.25) is 0 Å². The number of hydrogen-bond acceptors (Lipinski definition) is 7. The summed E-state index contributed by atoms with van der Waals surface area (Å²) in [4.78, 5) is 21.8. The van der Waals surface area contributed by atoms with E-state index < -0.39 is 46.2 Å². The van der Waals surface area contributed by atoms with Crippen LogP contribution in [0.25, 0.3) is 33.9 Å². The fourth-order valence-electron chi connectivity index (χ4n) is 5.03. The summed E-state index contributed by atoms with van der Waals surface area (Å²) >= 11 is 0. The summed E-state index contributed by atoms with van der Waals surface area (Å²) in [7, 11) is 0. The van der Waals surface area contributed by atoms with Gasteiger partial charge in [0.05, 0.1) is 35.7 Å². The topological polar surface area (TPSA) is 116 Å². The van der Waals surface area contributed by atoms with E-state index in [9.17, 15) is 31.9 Å². The van der Waals surface area contributed by atoms with E-state index >= 15 is 0 Å². The van der Waals surface area contributed by atoms with Gasteiger partial charge in [0.2, 0.25) is 5.54 Å². The first kappa shape index (κ1) is 30.6. The number of halogens is 5. The van der Waals surface area contributed by atoms with Crippen LogP contribution in [-0.2, 0) is 16.5 Å². The first-order valence-corrected chi connectivity index (χ1v) is 13.6. The highest BCUT2D eigenvalue weighted by atomic mass is 19.4. The normalized spacial score (nSPS) is 13.4. The Kier molecular flexibility index (Phi) is 8.10. The third kappa shape index (κ3) is 5.35. The Morgan fingerprint density at radius 3 is 2.43 bits per heavy atom. The Balaban J connectivity index is 1.79. The highest BCUT2D eigenvalue weighted by Crippen LogP contribution is 2.47. The van der Waals surface area contributed by atoms with E-state index in [0.29, 0.717) is 6.42 Å². The van der Waals surface area contributed by atoms with Gasteiger partial charge >= 0.3 is 12.1 Å². The van der Waals surface area contributed by atoms with Crippen molar-refractivity contribution in [3.8, 4) is 39.8 Å². The zero-order valence-corrected chi connectivity index (χ0v) is 23.7. The van der Waals surface area contributed by atoms with E-state index in [2.05, 4.69) is 20.2 Å². The fraction of sp³-hybridized carbons (Fsp3) is 0.300. The molecule has 9 nitrogen and oxygen atoms in total. The van der Waals surface area contributed by atoms with E-state index in [0.717, 1.165) is 16.8 Å². The Bertz CT molecular complexity index is 1780. The van der Waals surface area contributed by atoms with Gasteiger partial charge < -0.3 is 14.4 Å². The molecular weight excluding hydrogens is 589 g/mol. The number of carboxylic acid groups (broad SMARTS) is 1. The molecule has 14 heteroatoms. The van der Waals surface area contributed by atoms with E-state index in [4.69, 9.17) is 9.26 Å². The Morgan fingerprint density at radius 1 is 1.05 bits per heavy atom. The highest BCUT2D eigenvalue weighted by molar-refractivity contribution is 5.86. The smallest absolute Gasteiger partial charge is 0.417 e. The number of carbonyl (C=O) groups is 1. The number of hydrogen-bond donors (Lipinski definition) is 1. The molecule has 1 unspecified atom stereocenters. The number of ether oxygens (including phenoxy) is 1. The van der Waals surface area contributed by atoms with Crippen molar-refractivity contribution in [3.63, 3.8) is 0 Å². The number of carboxylic acids is 1. The summed E-state index contributed by atoms with van der Waals surface area (Å²) in [5, 5.41) is 19.0. The van der Waals surface area contributed by atoms with Crippen molar-refractivity contribution in [2.75, 3.05) is 6.61 Å². The molecule has 3 heterocycles. The van der Waals surface area contributed by atoms with Crippen LogP contribution in [-0.4, -0.2) is 42.6 Å². The lowest BCUT2D eigenvalue weighted by Gasteiger charge is -2.31. The van der Waals surface area contributed by atoms with Gasteiger partial charge in [-0.05, 0) is 42.1 Å². The lowest BCUT2D eigenvalue weighted by Crippen LogP contribution is -2.45. The summed E-state index contributed by atoms with van der Waals surface area (Å²) in [5.41, 5.74) is -4.02. The van der Waals surface area contributed by atoms with Crippen LogP contribution >= 0.6 is 0 Å². The average molecular weight is 616 g/mol. The van der Waals surface area contributed by atoms with Gasteiger partial charge in [0.15, 0.2) is 23.2 Å². The van der Waals surface area contributed by atoms with Gasteiger partial charge in [-0.1, -0.05) is 45.0 Å². The van der Waals surface area contributed by atoms with Crippen LogP contribution < -0.4 is 4.74 Å². The maximum absolute atomic E-state index is 14.5. The average Bonchev–Trinajstić information content (AvgIpc) is 3.59. The summed E-state index contributed by atoms with van der Waals surface area (Å²) in [5.74, 6) is -5.09. The minimum absolute atomic E-state index is 0.0623. The lowest BCUT2D eigenvalue weighted by molar-refractivity contribution is -0.147. The molecule has 44 heavy (non-hydrogen) atoms. The van der Waals surface area contributed by atoms with Crippen LogP contribution in [0.15, 0.2) is 59.4 Å². The summed E-state index contributed by atoms with van der Waals surface area (Å²) in [6.45, 7) is 5.29. The molecule has 0 saturated heterocycles. The number of aromatic nitrogens is 5. The van der Waals surface area contributed by atoms with E-state index in [-0.39, 0.29) is 53.2 Å². The van der Waals surface area contributed by atoms with Crippen molar-refractivity contribution in [1.29, 1.82) is 0 Å². The first-order chi connectivity index (χ1) is 20.9. The molecule has 1 aromatic heterocycles. The second-order valence-electron chi connectivity index (χ2n) is 10.5. The minimum atomic E-state index is -4.81. The monoisotopic (exact) mass is 615 g/mol. The van der Waals surface area contributed by atoms with Crippen molar-refractivity contribution < 1.29 is 41.1 Å². The van der Waals surface area contributed by atoms with Crippen LogP contribution in [0.5, 0.6) is 5.88 Å². The van der Waals surface area contributed by atoms with Crippen molar-refractivity contribution in [2.24, 2.45) is 5.92 Å². The highest BCUT2D eigenvalue weighted by Gasteiger charge is 2.51. The molecule has 3 aromatic rings. The van der Waals surface area contributed by atoms with Gasteiger partial charge in [-0.25, -0.2) is 28.2 Å². The van der Waals surface area contributed by atoms with Crippen LogP contribution in [0.1, 0.15) is 44.9 Å². The number of fused-ring (bicyclic) bond motifs is 1. The lowest BCUT2D eigenvalue weighted by atomic mass is 9.82. The zero-order valence-electron chi connectivity index (χ0n) is 23.7. The predicted octanol–water partition coefficient (Wildman–Crippen LogP) is 7.06. The Labute approximate surface area is 247 Å². The molecule has 0 fully saturated rings. The van der Waals surface area contributed by atoms with Gasteiger partial charge in [-0.15, -0.1) is 0 Å². The Morgan fingerprint density at radius 2 is 1.75 bits per heavy atom. The van der Waals surface area contributed by atoms with Crippen LogP contribution in [0.4, 0.5) is 22.0 Å². The number of rotatable bonds is 10. The molecule has 5 rings (SSSR count). The van der Waals surface area contributed by atoms with Crippen LogP contribution in [0, 0.1) is 17.6 Å². The first-order valence-electron chi connectivity index (χ1n) is 13.6. The third-order valence-electron chi connectivity index (χ3n) is 6.89. The van der Waals surface area contributed by atoms with Gasteiger partial charge in [0.1, 0.15) is 11.4 Å². The van der Waals surface area contributed by atoms with E-state index in [1.807, 2.05) is 0 Å². The van der Waals surface area contributed by atoms with Gasteiger partial charge in [-0.3, -0.25) is 0 Å². The molecular formula is C30H26F5N5O4. The molecule has 2 aliphatic heterocycles. The number of benzene rings is 2. The molecule has 0 aliphatic carbocycles. The number of nitrogens with zero attached hydrogens (tertiary/aromatic N) is 5. The SMILES string of the molecule is CCCOc1noc(C(CC(C)C)(C(=O)O)n2cc3nc(-c4cccc(F)c4F)nc-3cn2)c1-c1ccccc1C(F)(F)F. The molecule has 2 aliphatic rings. The molecule has 0 bridgehead atoms. The van der Waals surface area contributed by atoms with Crippen molar-refractivity contribution in [3.05, 3.63) is 77.8 Å². The second kappa shape index (κ2) is 11.7. The zero-order chi connectivity index (χ0) is 31.8. The summed E-state index contributed by atoms with van der Waals surface area (Å²) in [6.07, 6.45) is -2.15. The number of imidazole rings is 1. The molecule has 0 saturated carbocycles. The summed E-state index contributed by atoms with van der Waals surface area (Å²) in [6, 6.07) is 8.14. The van der Waals surface area contributed by atoms with Gasteiger partial charge in [0.25, 0.3) is 5.88 Å². The molecule has 1 atom stereocenters. The standard InChI is InChI=1S/C30H26F5N5O4/c1-4-12-43-27-23(17-8-5-6-10-19(17)30(33,34)35)25(44-39-27)29(28(41)42,13-16(2)3)40-15-22-21(14-36-40)37-26(38-22)18-9-7-11-20(31)24(18)32/h5-11,14-16H,4,12-13H2,1-3H3,(H,41,42). The Hall–Kier alpha value is -4.88. The van der Waals surface area contributed by atoms with Crippen molar-refractivity contribution >= 4 is 5.97 Å². The van der Waals surface area contributed by atoms with Crippen LogP contribution in [0.3, 0.4) is 0 Å². The van der Waals surface area contributed by atoms with Gasteiger partial charge in [-0.2, -0.15) is 18.3 Å². The number of aliphatic carboxylic acids is 1. The molecule has 0 spiro atoms. The fourth-order valence-corrected chi connectivity index (χ4v) is 5.03. The molecule has 0 amide bonds. The maximum Gasteiger partial charge on any atom is 0.417 e. The maximum atomic E-state index is 14.5. The predicted molar refractivity (Wildman–Crippen MR) is 147 cm³/mol. The number of alkyl halides is 3. The van der Waals surface area contributed by atoms with Crippen molar-refractivity contribution in [1.82, 2.24) is 24.9 Å². The van der Waals surface area contributed by atoms with E-state index in [1.165, 1.54) is 42.7 Å². The molecule has 0 radical (unpaired) electrons. The minimum Gasteiger partial charge on any atom is -0.479 e.